The monoisotopic (exact) mass is 445 g/mol. The lowest BCUT2D eigenvalue weighted by Gasteiger charge is -2.13. The van der Waals surface area contributed by atoms with Crippen molar-refractivity contribution < 1.29 is 9.47 Å². The minimum absolute atomic E-state index is 0.0920. The van der Waals surface area contributed by atoms with Gasteiger partial charge in [0.05, 0.1) is 37.3 Å². The lowest BCUT2D eigenvalue weighted by Crippen LogP contribution is -2.26. The average molecular weight is 446 g/mol. The van der Waals surface area contributed by atoms with Crippen molar-refractivity contribution in [2.75, 3.05) is 20.8 Å². The molecule has 0 aliphatic rings. The molecule has 0 bridgehead atoms. The van der Waals surface area contributed by atoms with Gasteiger partial charge in [-0.2, -0.15) is 5.26 Å². The fourth-order valence-electron chi connectivity index (χ4n) is 3.83. The van der Waals surface area contributed by atoms with E-state index in [1.807, 2.05) is 43.3 Å². The van der Waals surface area contributed by atoms with Crippen LogP contribution in [0.15, 0.2) is 53.3 Å². The average Bonchev–Trinajstić information content (AvgIpc) is 3.15. The molecule has 0 aliphatic heterocycles. The molecule has 0 amide bonds. The summed E-state index contributed by atoms with van der Waals surface area (Å²) >= 11 is 1.52. The molecule has 2 heterocycles. The third-order valence-corrected chi connectivity index (χ3v) is 6.35. The molecule has 4 aromatic rings. The first kappa shape index (κ1) is 21.8. The van der Waals surface area contributed by atoms with Gasteiger partial charge in [-0.1, -0.05) is 24.3 Å². The van der Waals surface area contributed by atoms with Crippen LogP contribution >= 0.6 is 11.3 Å². The summed E-state index contributed by atoms with van der Waals surface area (Å²) in [5.74, 6) is 1.41. The van der Waals surface area contributed by atoms with Gasteiger partial charge in [-0.05, 0) is 42.3 Å². The lowest BCUT2D eigenvalue weighted by molar-refractivity contribution is 0.199. The normalized spacial score (nSPS) is 10.9. The van der Waals surface area contributed by atoms with E-state index < -0.39 is 0 Å². The molecule has 2 aromatic carbocycles. The van der Waals surface area contributed by atoms with Gasteiger partial charge in [0.15, 0.2) is 0 Å². The molecule has 4 rings (SSSR count). The molecule has 32 heavy (non-hydrogen) atoms. The van der Waals surface area contributed by atoms with Crippen molar-refractivity contribution in [2.45, 2.75) is 19.9 Å². The van der Waals surface area contributed by atoms with Gasteiger partial charge in [0.2, 0.25) is 0 Å². The summed E-state index contributed by atoms with van der Waals surface area (Å²) in [5, 5.41) is 9.86. The fraction of sp³-hybridized carbons (Fsp3) is 0.240. The maximum absolute atomic E-state index is 13.8. The quantitative estimate of drug-likeness (QED) is 0.417. The van der Waals surface area contributed by atoms with Crippen LogP contribution in [0.25, 0.3) is 21.3 Å². The van der Waals surface area contributed by atoms with Crippen LogP contribution in [0.4, 0.5) is 0 Å². The molecule has 0 saturated heterocycles. The number of methoxy groups -OCH3 is 2. The molecule has 0 N–H and O–H groups in total. The van der Waals surface area contributed by atoms with Crippen molar-refractivity contribution >= 4 is 21.6 Å². The number of aromatic nitrogens is 2. The van der Waals surface area contributed by atoms with Crippen LogP contribution in [0, 0.1) is 18.3 Å². The van der Waals surface area contributed by atoms with Crippen molar-refractivity contribution in [1.82, 2.24) is 9.55 Å². The SMILES string of the molecule is COCCc1nc2sc(C)c(-c3cccc(OC)c3)c2c(=O)n1Cc1cccc(C#N)c1. The van der Waals surface area contributed by atoms with E-state index in [1.54, 1.807) is 30.9 Å². The number of benzene rings is 2. The largest absolute Gasteiger partial charge is 0.497 e. The van der Waals surface area contributed by atoms with Crippen LogP contribution in [0.2, 0.25) is 0 Å². The van der Waals surface area contributed by atoms with Crippen LogP contribution in [-0.4, -0.2) is 30.4 Å². The number of nitriles is 1. The summed E-state index contributed by atoms with van der Waals surface area (Å²) < 4.78 is 12.3. The second kappa shape index (κ2) is 9.35. The van der Waals surface area contributed by atoms with Gasteiger partial charge in [-0.15, -0.1) is 11.3 Å². The third kappa shape index (κ3) is 4.15. The molecule has 2 aromatic heterocycles. The predicted molar refractivity (Wildman–Crippen MR) is 126 cm³/mol. The van der Waals surface area contributed by atoms with Gasteiger partial charge in [0.1, 0.15) is 16.4 Å². The fourth-order valence-corrected chi connectivity index (χ4v) is 4.89. The van der Waals surface area contributed by atoms with E-state index in [0.29, 0.717) is 36.3 Å². The van der Waals surface area contributed by atoms with Crippen LogP contribution in [0.5, 0.6) is 5.75 Å². The van der Waals surface area contributed by atoms with Gasteiger partial charge in [0.25, 0.3) is 5.56 Å². The van der Waals surface area contributed by atoms with Gasteiger partial charge in [-0.25, -0.2) is 4.98 Å². The Bertz CT molecular complexity index is 1380. The van der Waals surface area contributed by atoms with Crippen LogP contribution in [0.3, 0.4) is 0 Å². The van der Waals surface area contributed by atoms with Crippen molar-refractivity contribution in [2.24, 2.45) is 0 Å². The maximum Gasteiger partial charge on any atom is 0.263 e. The first-order valence-electron chi connectivity index (χ1n) is 10.2. The summed E-state index contributed by atoms with van der Waals surface area (Å²) in [6, 6.07) is 17.2. The molecule has 162 valence electrons. The topological polar surface area (TPSA) is 77.1 Å². The lowest BCUT2D eigenvalue weighted by atomic mass is 10.0. The highest BCUT2D eigenvalue weighted by Gasteiger charge is 2.20. The van der Waals surface area contributed by atoms with Crippen LogP contribution in [-0.2, 0) is 17.7 Å². The molecule has 0 aliphatic carbocycles. The number of hydrogen-bond acceptors (Lipinski definition) is 6. The van der Waals surface area contributed by atoms with Crippen molar-refractivity contribution in [1.29, 1.82) is 5.26 Å². The Morgan fingerprint density at radius 1 is 1.16 bits per heavy atom. The van der Waals surface area contributed by atoms with Crippen molar-refractivity contribution in [3.63, 3.8) is 0 Å². The molecule has 0 radical (unpaired) electrons. The molecule has 6 nitrogen and oxygen atoms in total. The van der Waals surface area contributed by atoms with Gasteiger partial charge >= 0.3 is 0 Å². The smallest absolute Gasteiger partial charge is 0.263 e. The Balaban J connectivity index is 1.93. The molecule has 0 fully saturated rings. The molecule has 0 unspecified atom stereocenters. The van der Waals surface area contributed by atoms with Crippen molar-refractivity contribution in [3.05, 3.63) is 80.7 Å². The first-order chi connectivity index (χ1) is 15.5. The second-order valence-electron chi connectivity index (χ2n) is 7.42. The number of hydrogen-bond donors (Lipinski definition) is 0. The summed E-state index contributed by atoms with van der Waals surface area (Å²) in [6.45, 7) is 2.81. The maximum atomic E-state index is 13.8. The highest BCUT2D eigenvalue weighted by atomic mass is 32.1. The number of thiophene rings is 1. The molecular weight excluding hydrogens is 422 g/mol. The number of nitrogens with zero attached hydrogens (tertiary/aromatic N) is 3. The van der Waals surface area contributed by atoms with E-state index in [2.05, 4.69) is 6.07 Å². The van der Waals surface area contributed by atoms with E-state index in [9.17, 15) is 10.1 Å². The van der Waals surface area contributed by atoms with Gasteiger partial charge < -0.3 is 9.47 Å². The summed E-state index contributed by atoms with van der Waals surface area (Å²) in [7, 11) is 3.26. The Morgan fingerprint density at radius 3 is 2.72 bits per heavy atom. The Hall–Kier alpha value is -3.47. The number of fused-ring (bicyclic) bond motifs is 1. The molecule has 0 atom stereocenters. The summed E-state index contributed by atoms with van der Waals surface area (Å²) in [6.07, 6.45) is 0.519. The molecular formula is C25H23N3O3S. The standard InChI is InChI=1S/C25H23N3O3S/c1-16-22(19-8-5-9-20(13-19)31-3)23-24(32-16)27-21(10-11-30-2)28(25(23)29)15-18-7-4-6-17(12-18)14-26/h4-9,12-13H,10-11,15H2,1-3H3. The van der Waals surface area contributed by atoms with E-state index >= 15 is 0 Å². The minimum Gasteiger partial charge on any atom is -0.497 e. The zero-order valence-electron chi connectivity index (χ0n) is 18.2. The van der Waals surface area contributed by atoms with E-state index in [4.69, 9.17) is 14.5 Å². The summed E-state index contributed by atoms with van der Waals surface area (Å²) in [5.41, 5.74) is 3.16. The molecule has 0 saturated carbocycles. The summed E-state index contributed by atoms with van der Waals surface area (Å²) in [4.78, 5) is 20.4. The van der Waals surface area contributed by atoms with Crippen LogP contribution in [0.1, 0.15) is 21.8 Å². The number of aryl methyl sites for hydroxylation is 1. The minimum atomic E-state index is -0.0920. The zero-order valence-corrected chi connectivity index (χ0v) is 19.0. The highest BCUT2D eigenvalue weighted by molar-refractivity contribution is 7.19. The van der Waals surface area contributed by atoms with E-state index in [-0.39, 0.29) is 5.56 Å². The first-order valence-corrected chi connectivity index (χ1v) is 11.0. The van der Waals surface area contributed by atoms with E-state index in [0.717, 1.165) is 32.1 Å². The molecule has 7 heteroatoms. The number of rotatable bonds is 7. The Morgan fingerprint density at radius 2 is 1.97 bits per heavy atom. The zero-order chi connectivity index (χ0) is 22.7. The predicted octanol–water partition coefficient (Wildman–Crippen LogP) is 4.55. The second-order valence-corrected chi connectivity index (χ2v) is 8.62. The van der Waals surface area contributed by atoms with Crippen molar-refractivity contribution in [3.8, 4) is 22.9 Å². The van der Waals surface area contributed by atoms with E-state index in [1.165, 1.54) is 11.3 Å². The Kier molecular flexibility index (Phi) is 6.35. The van der Waals surface area contributed by atoms with Gasteiger partial charge in [-0.3, -0.25) is 9.36 Å². The highest BCUT2D eigenvalue weighted by Crippen LogP contribution is 2.37. The molecule has 0 spiro atoms. The Labute approximate surface area is 190 Å². The third-order valence-electron chi connectivity index (χ3n) is 5.35. The van der Waals surface area contributed by atoms with Gasteiger partial charge in [0, 0.05) is 24.0 Å². The number of ether oxygens (including phenoxy) is 2. The van der Waals surface area contributed by atoms with Crippen LogP contribution < -0.4 is 10.3 Å².